The molecule has 0 heterocycles. The van der Waals surface area contributed by atoms with Crippen molar-refractivity contribution in [3.05, 3.63) is 59.2 Å². The molecule has 0 bridgehead atoms. The third-order valence-corrected chi connectivity index (χ3v) is 3.00. The molecule has 0 aliphatic rings. The van der Waals surface area contributed by atoms with Crippen molar-refractivity contribution in [3.63, 3.8) is 0 Å². The zero-order valence-electron chi connectivity index (χ0n) is 11.7. The Hall–Kier alpha value is -2.14. The molecule has 0 aliphatic heterocycles. The highest BCUT2D eigenvalue weighted by molar-refractivity contribution is 5.40. The summed E-state index contributed by atoms with van der Waals surface area (Å²) in [5.74, 6) is 0.101. The van der Waals surface area contributed by atoms with Crippen LogP contribution in [0.4, 0.5) is 8.78 Å². The summed E-state index contributed by atoms with van der Waals surface area (Å²) in [5, 5.41) is 0. The van der Waals surface area contributed by atoms with E-state index in [1.54, 1.807) is 19.2 Å². The number of rotatable bonds is 6. The summed E-state index contributed by atoms with van der Waals surface area (Å²) in [7, 11) is 1.58. The van der Waals surface area contributed by atoms with Gasteiger partial charge in [-0.05, 0) is 54.4 Å². The molecule has 0 radical (unpaired) electrons. The van der Waals surface area contributed by atoms with Gasteiger partial charge in [0.25, 0.3) is 0 Å². The molecule has 0 saturated heterocycles. The maximum atomic E-state index is 13.1. The summed E-state index contributed by atoms with van der Waals surface area (Å²) in [4.78, 5) is 0. The lowest BCUT2D eigenvalue weighted by atomic mass is 10.1. The number of ether oxygens (including phenoxy) is 2. The average molecular weight is 293 g/mol. The van der Waals surface area contributed by atoms with Crippen molar-refractivity contribution in [2.45, 2.75) is 13.0 Å². The number of methoxy groups -OCH3 is 1. The van der Waals surface area contributed by atoms with Gasteiger partial charge in [-0.1, -0.05) is 0 Å². The molecule has 0 amide bonds. The van der Waals surface area contributed by atoms with Crippen molar-refractivity contribution in [1.82, 2.24) is 0 Å². The summed E-state index contributed by atoms with van der Waals surface area (Å²) < 4.78 is 37.0. The van der Waals surface area contributed by atoms with Crippen LogP contribution in [0.25, 0.3) is 0 Å². The topological polar surface area (TPSA) is 44.5 Å². The Morgan fingerprint density at radius 1 is 1.05 bits per heavy atom. The van der Waals surface area contributed by atoms with E-state index in [-0.39, 0.29) is 6.61 Å². The van der Waals surface area contributed by atoms with Crippen LogP contribution in [-0.2, 0) is 13.0 Å². The fraction of sp³-hybridized carbons (Fsp3) is 0.250. The van der Waals surface area contributed by atoms with Crippen molar-refractivity contribution in [3.8, 4) is 11.5 Å². The maximum absolute atomic E-state index is 13.1. The molecule has 2 rings (SSSR count). The fourth-order valence-corrected chi connectivity index (χ4v) is 2.03. The van der Waals surface area contributed by atoms with Crippen LogP contribution < -0.4 is 15.2 Å². The van der Waals surface area contributed by atoms with Crippen molar-refractivity contribution < 1.29 is 18.3 Å². The Morgan fingerprint density at radius 2 is 1.76 bits per heavy atom. The number of hydrogen-bond donors (Lipinski definition) is 1. The Labute approximate surface area is 122 Å². The molecule has 0 fully saturated rings. The van der Waals surface area contributed by atoms with E-state index in [0.717, 1.165) is 11.6 Å². The second kappa shape index (κ2) is 7.04. The predicted molar refractivity (Wildman–Crippen MR) is 76.4 cm³/mol. The first-order chi connectivity index (χ1) is 10.1. The van der Waals surface area contributed by atoms with Crippen LogP contribution >= 0.6 is 0 Å². The third-order valence-electron chi connectivity index (χ3n) is 3.00. The number of hydrogen-bond acceptors (Lipinski definition) is 3. The van der Waals surface area contributed by atoms with Gasteiger partial charge in [-0.25, -0.2) is 8.78 Å². The molecule has 3 nitrogen and oxygen atoms in total. The van der Waals surface area contributed by atoms with E-state index in [0.29, 0.717) is 30.0 Å². The van der Waals surface area contributed by atoms with Crippen LogP contribution in [0.2, 0.25) is 0 Å². The highest BCUT2D eigenvalue weighted by Gasteiger charge is 2.07. The van der Waals surface area contributed by atoms with E-state index in [1.165, 1.54) is 12.1 Å². The van der Waals surface area contributed by atoms with E-state index in [4.69, 9.17) is 15.2 Å². The minimum absolute atomic E-state index is 0.0819. The number of benzene rings is 2. The summed E-state index contributed by atoms with van der Waals surface area (Å²) >= 11 is 0. The molecular weight excluding hydrogens is 276 g/mol. The van der Waals surface area contributed by atoms with Crippen LogP contribution in [0.3, 0.4) is 0 Å². The summed E-state index contributed by atoms with van der Waals surface area (Å²) in [5.41, 5.74) is 6.90. The number of halogens is 2. The van der Waals surface area contributed by atoms with Crippen LogP contribution in [0.15, 0.2) is 36.4 Å². The van der Waals surface area contributed by atoms with Gasteiger partial charge < -0.3 is 15.2 Å². The van der Waals surface area contributed by atoms with E-state index in [2.05, 4.69) is 0 Å². The van der Waals surface area contributed by atoms with Gasteiger partial charge in [-0.2, -0.15) is 0 Å². The van der Waals surface area contributed by atoms with Gasteiger partial charge in [0.2, 0.25) is 0 Å². The summed E-state index contributed by atoms with van der Waals surface area (Å²) in [6.07, 6.45) is 0.629. The minimum Gasteiger partial charge on any atom is -0.497 e. The van der Waals surface area contributed by atoms with Gasteiger partial charge in [0.05, 0.1) is 7.11 Å². The van der Waals surface area contributed by atoms with Gasteiger partial charge in [-0.3, -0.25) is 0 Å². The maximum Gasteiger partial charge on any atom is 0.126 e. The van der Waals surface area contributed by atoms with Gasteiger partial charge in [0.15, 0.2) is 0 Å². The molecule has 0 unspecified atom stereocenters. The van der Waals surface area contributed by atoms with Gasteiger partial charge in [0.1, 0.15) is 29.7 Å². The molecule has 5 heteroatoms. The van der Waals surface area contributed by atoms with Crippen molar-refractivity contribution in [2.24, 2.45) is 5.73 Å². The van der Waals surface area contributed by atoms with Gasteiger partial charge in [-0.15, -0.1) is 0 Å². The Kier molecular flexibility index (Phi) is 5.11. The molecule has 0 aliphatic carbocycles. The lowest BCUT2D eigenvalue weighted by molar-refractivity contribution is 0.300. The quantitative estimate of drug-likeness (QED) is 0.890. The van der Waals surface area contributed by atoms with Crippen molar-refractivity contribution in [2.75, 3.05) is 13.7 Å². The second-order valence-corrected chi connectivity index (χ2v) is 4.58. The fourth-order valence-electron chi connectivity index (χ4n) is 2.03. The zero-order valence-corrected chi connectivity index (χ0v) is 11.7. The van der Waals surface area contributed by atoms with Crippen LogP contribution in [0.1, 0.15) is 11.1 Å². The Morgan fingerprint density at radius 3 is 2.38 bits per heavy atom. The first-order valence-corrected chi connectivity index (χ1v) is 6.57. The van der Waals surface area contributed by atoms with E-state index in [9.17, 15) is 8.78 Å². The average Bonchev–Trinajstić information content (AvgIpc) is 2.45. The van der Waals surface area contributed by atoms with Crippen LogP contribution in [0.5, 0.6) is 11.5 Å². The summed E-state index contributed by atoms with van der Waals surface area (Å²) in [6, 6.07) is 8.69. The molecule has 2 N–H and O–H groups in total. The number of nitrogens with two attached hydrogens (primary N) is 1. The van der Waals surface area contributed by atoms with Crippen LogP contribution in [-0.4, -0.2) is 13.7 Å². The Balaban J connectivity index is 2.15. The second-order valence-electron chi connectivity index (χ2n) is 4.58. The molecule has 21 heavy (non-hydrogen) atoms. The molecule has 0 saturated carbocycles. The van der Waals surface area contributed by atoms with E-state index < -0.39 is 11.6 Å². The molecule has 2 aromatic rings. The van der Waals surface area contributed by atoms with Gasteiger partial charge >= 0.3 is 0 Å². The molecule has 0 atom stereocenters. The molecule has 0 spiro atoms. The van der Waals surface area contributed by atoms with E-state index in [1.807, 2.05) is 6.07 Å². The molecule has 112 valence electrons. The van der Waals surface area contributed by atoms with Crippen molar-refractivity contribution in [1.29, 1.82) is 0 Å². The smallest absolute Gasteiger partial charge is 0.126 e. The first kappa shape index (κ1) is 15.3. The first-order valence-electron chi connectivity index (χ1n) is 6.57. The monoisotopic (exact) mass is 293 g/mol. The van der Waals surface area contributed by atoms with E-state index >= 15 is 0 Å². The minimum atomic E-state index is -0.620. The molecular formula is C16H17F2NO2. The highest BCUT2D eigenvalue weighted by atomic mass is 19.1. The highest BCUT2D eigenvalue weighted by Crippen LogP contribution is 2.25. The standard InChI is InChI=1S/C16H17F2NO2/c1-20-15-2-3-16(12(8-15)4-5-19)21-10-11-6-13(17)9-14(18)7-11/h2-3,6-9H,4-5,10,19H2,1H3. The largest absolute Gasteiger partial charge is 0.497 e. The molecule has 0 aromatic heterocycles. The van der Waals surface area contributed by atoms with Crippen LogP contribution in [0, 0.1) is 11.6 Å². The Bertz CT molecular complexity index is 597. The lowest BCUT2D eigenvalue weighted by Gasteiger charge is -2.12. The lowest BCUT2D eigenvalue weighted by Crippen LogP contribution is -2.06. The van der Waals surface area contributed by atoms with Gasteiger partial charge in [0, 0.05) is 6.07 Å². The predicted octanol–water partition coefficient (Wildman–Crippen LogP) is 3.05. The zero-order chi connectivity index (χ0) is 15.2. The normalized spacial score (nSPS) is 10.5. The third kappa shape index (κ3) is 4.16. The van der Waals surface area contributed by atoms with Crippen molar-refractivity contribution >= 4 is 0 Å². The SMILES string of the molecule is COc1ccc(OCc2cc(F)cc(F)c2)c(CCN)c1. The summed E-state index contributed by atoms with van der Waals surface area (Å²) in [6.45, 7) is 0.552. The molecule has 2 aromatic carbocycles.